The highest BCUT2D eigenvalue weighted by molar-refractivity contribution is 7.89. The first-order valence-corrected chi connectivity index (χ1v) is 6.81. The van der Waals surface area contributed by atoms with Crippen LogP contribution in [0, 0.1) is 5.92 Å². The highest BCUT2D eigenvalue weighted by Crippen LogP contribution is 2.18. The summed E-state index contributed by atoms with van der Waals surface area (Å²) in [5, 5.41) is 0. The zero-order valence-corrected chi connectivity index (χ0v) is 9.76. The van der Waals surface area contributed by atoms with Gasteiger partial charge >= 0.3 is 0 Å². The molecule has 0 spiro atoms. The van der Waals surface area contributed by atoms with Gasteiger partial charge in [-0.1, -0.05) is 13.8 Å². The van der Waals surface area contributed by atoms with Gasteiger partial charge in [-0.25, -0.2) is 12.7 Å². The lowest BCUT2D eigenvalue weighted by Crippen LogP contribution is -2.48. The van der Waals surface area contributed by atoms with Crippen LogP contribution in [0.5, 0.6) is 0 Å². The molecule has 0 radical (unpaired) electrons. The molecule has 0 aliphatic carbocycles. The number of rotatable bonds is 3. The summed E-state index contributed by atoms with van der Waals surface area (Å²) < 4.78 is 25.0. The minimum Gasteiger partial charge on any atom is -0.327 e. The van der Waals surface area contributed by atoms with Gasteiger partial charge in [-0.15, -0.1) is 0 Å². The smallest absolute Gasteiger partial charge is 0.214 e. The van der Waals surface area contributed by atoms with Crippen molar-refractivity contribution in [3.8, 4) is 0 Å². The van der Waals surface area contributed by atoms with Crippen LogP contribution in [0.15, 0.2) is 0 Å². The summed E-state index contributed by atoms with van der Waals surface area (Å²) in [6.45, 7) is 5.08. The molecule has 14 heavy (non-hydrogen) atoms. The van der Waals surface area contributed by atoms with Gasteiger partial charge in [0.25, 0.3) is 0 Å². The fourth-order valence-corrected chi connectivity index (χ4v) is 3.39. The molecule has 0 aromatic carbocycles. The molecular formula is C9H20N2O2S. The third kappa shape index (κ3) is 2.68. The van der Waals surface area contributed by atoms with Crippen molar-refractivity contribution >= 4 is 10.0 Å². The summed E-state index contributed by atoms with van der Waals surface area (Å²) in [6.07, 6.45) is 1.46. The molecule has 4 nitrogen and oxygen atoms in total. The van der Waals surface area contributed by atoms with E-state index in [2.05, 4.69) is 0 Å². The molecule has 1 aliphatic rings. The van der Waals surface area contributed by atoms with E-state index < -0.39 is 10.0 Å². The highest BCUT2D eigenvalue weighted by Gasteiger charge is 2.29. The summed E-state index contributed by atoms with van der Waals surface area (Å²) in [5.74, 6) is 0.532. The van der Waals surface area contributed by atoms with E-state index in [9.17, 15) is 8.42 Å². The molecule has 5 heteroatoms. The first-order chi connectivity index (χ1) is 6.47. The quantitative estimate of drug-likeness (QED) is 0.748. The zero-order chi connectivity index (χ0) is 10.8. The normalized spacial score (nSPS) is 30.5. The molecule has 1 aliphatic heterocycles. The molecule has 2 N–H and O–H groups in total. The van der Waals surface area contributed by atoms with Crippen LogP contribution in [0.25, 0.3) is 0 Å². The fourth-order valence-electron chi connectivity index (χ4n) is 1.77. The van der Waals surface area contributed by atoms with Crippen molar-refractivity contribution in [3.63, 3.8) is 0 Å². The summed E-state index contributed by atoms with van der Waals surface area (Å²) in [6, 6.07) is 0.156. The molecule has 1 saturated heterocycles. The molecule has 1 heterocycles. The Hall–Kier alpha value is -0.130. The third-order valence-corrected chi connectivity index (χ3v) is 4.83. The van der Waals surface area contributed by atoms with Gasteiger partial charge in [0, 0.05) is 19.1 Å². The number of piperidine rings is 1. The molecule has 2 atom stereocenters. The second kappa shape index (κ2) is 4.59. The van der Waals surface area contributed by atoms with Gasteiger partial charge in [-0.05, 0) is 18.8 Å². The van der Waals surface area contributed by atoms with E-state index in [0.717, 1.165) is 6.42 Å². The van der Waals surface area contributed by atoms with Crippen molar-refractivity contribution in [2.45, 2.75) is 32.7 Å². The van der Waals surface area contributed by atoms with Crippen molar-refractivity contribution in [3.05, 3.63) is 0 Å². The van der Waals surface area contributed by atoms with Gasteiger partial charge in [-0.2, -0.15) is 0 Å². The number of nitrogens with zero attached hydrogens (tertiary/aromatic N) is 1. The summed E-state index contributed by atoms with van der Waals surface area (Å²) in [4.78, 5) is 0. The maximum atomic E-state index is 11.7. The standard InChI is InChI=1S/C9H20N2O2S/c1-3-6-14(12,13)11-5-4-9(10)8(2)7-11/h8-9H,3-7,10H2,1-2H3. The van der Waals surface area contributed by atoms with E-state index >= 15 is 0 Å². The SMILES string of the molecule is CCCS(=O)(=O)N1CCC(N)C(C)C1. The van der Waals surface area contributed by atoms with Gasteiger partial charge in [0.05, 0.1) is 5.75 Å². The Morgan fingerprint density at radius 1 is 1.50 bits per heavy atom. The third-order valence-electron chi connectivity index (χ3n) is 2.79. The lowest BCUT2D eigenvalue weighted by atomic mass is 9.96. The highest BCUT2D eigenvalue weighted by atomic mass is 32.2. The van der Waals surface area contributed by atoms with Gasteiger partial charge in [0.2, 0.25) is 10.0 Å². The van der Waals surface area contributed by atoms with Crippen molar-refractivity contribution in [2.24, 2.45) is 11.7 Å². The average molecular weight is 220 g/mol. The van der Waals surface area contributed by atoms with Crippen molar-refractivity contribution in [2.75, 3.05) is 18.8 Å². The fraction of sp³-hybridized carbons (Fsp3) is 1.00. The van der Waals surface area contributed by atoms with Crippen LogP contribution >= 0.6 is 0 Å². The number of hydrogen-bond donors (Lipinski definition) is 1. The largest absolute Gasteiger partial charge is 0.327 e. The van der Waals surface area contributed by atoms with Gasteiger partial charge in [0.15, 0.2) is 0 Å². The molecule has 0 amide bonds. The Morgan fingerprint density at radius 3 is 2.64 bits per heavy atom. The van der Waals surface area contributed by atoms with E-state index in [1.54, 1.807) is 4.31 Å². The maximum Gasteiger partial charge on any atom is 0.214 e. The Labute approximate surface area is 86.5 Å². The molecular weight excluding hydrogens is 200 g/mol. The van der Waals surface area contributed by atoms with Crippen molar-refractivity contribution in [1.29, 1.82) is 0 Å². The Bertz CT molecular complexity index is 277. The Morgan fingerprint density at radius 2 is 2.14 bits per heavy atom. The zero-order valence-electron chi connectivity index (χ0n) is 8.94. The van der Waals surface area contributed by atoms with Crippen molar-refractivity contribution < 1.29 is 8.42 Å². The maximum absolute atomic E-state index is 11.7. The minimum absolute atomic E-state index is 0.156. The average Bonchev–Trinajstić information content (AvgIpc) is 2.09. The molecule has 1 rings (SSSR count). The van der Waals surface area contributed by atoms with E-state index in [1.165, 1.54) is 0 Å². The topological polar surface area (TPSA) is 63.4 Å². The Balaban J connectivity index is 2.63. The second-order valence-electron chi connectivity index (χ2n) is 4.10. The van der Waals surface area contributed by atoms with Crippen LogP contribution in [0.3, 0.4) is 0 Å². The lowest BCUT2D eigenvalue weighted by molar-refractivity contribution is 0.250. The molecule has 84 valence electrons. The van der Waals surface area contributed by atoms with E-state index in [1.807, 2.05) is 13.8 Å². The lowest BCUT2D eigenvalue weighted by Gasteiger charge is -2.34. The van der Waals surface area contributed by atoms with Crippen LogP contribution < -0.4 is 5.73 Å². The van der Waals surface area contributed by atoms with Gasteiger partial charge in [0.1, 0.15) is 0 Å². The van der Waals surface area contributed by atoms with E-state index in [-0.39, 0.29) is 17.7 Å². The van der Waals surface area contributed by atoms with E-state index in [4.69, 9.17) is 5.73 Å². The van der Waals surface area contributed by atoms with Gasteiger partial charge in [-0.3, -0.25) is 0 Å². The molecule has 0 bridgehead atoms. The minimum atomic E-state index is -3.01. The molecule has 0 aromatic heterocycles. The first-order valence-electron chi connectivity index (χ1n) is 5.20. The molecule has 1 fully saturated rings. The van der Waals surface area contributed by atoms with Crippen LogP contribution in [0.1, 0.15) is 26.7 Å². The number of nitrogens with two attached hydrogens (primary N) is 1. The van der Waals surface area contributed by atoms with Crippen LogP contribution in [-0.2, 0) is 10.0 Å². The van der Waals surface area contributed by atoms with Crippen LogP contribution in [-0.4, -0.2) is 37.6 Å². The van der Waals surface area contributed by atoms with Crippen LogP contribution in [0.4, 0.5) is 0 Å². The number of hydrogen-bond acceptors (Lipinski definition) is 3. The summed E-state index contributed by atoms with van der Waals surface area (Å²) in [5.41, 5.74) is 5.84. The first kappa shape index (κ1) is 11.9. The molecule has 2 unspecified atom stereocenters. The second-order valence-corrected chi connectivity index (χ2v) is 6.19. The van der Waals surface area contributed by atoms with Crippen LogP contribution in [0.2, 0.25) is 0 Å². The van der Waals surface area contributed by atoms with E-state index in [0.29, 0.717) is 19.5 Å². The summed E-state index contributed by atoms with van der Waals surface area (Å²) >= 11 is 0. The van der Waals surface area contributed by atoms with Crippen molar-refractivity contribution in [1.82, 2.24) is 4.31 Å². The molecule has 0 aromatic rings. The predicted molar refractivity (Wildman–Crippen MR) is 57.4 cm³/mol. The molecule has 0 saturated carbocycles. The summed E-state index contributed by atoms with van der Waals surface area (Å²) in [7, 11) is -3.01. The number of sulfonamides is 1. The monoisotopic (exact) mass is 220 g/mol. The predicted octanol–water partition coefficient (Wildman–Crippen LogP) is 0.395. The Kier molecular flexibility index (Phi) is 3.92. The van der Waals surface area contributed by atoms with Gasteiger partial charge < -0.3 is 5.73 Å².